The van der Waals surface area contributed by atoms with E-state index in [2.05, 4.69) is 24.3 Å². The highest BCUT2D eigenvalue weighted by Gasteiger charge is 2.29. The van der Waals surface area contributed by atoms with Crippen molar-refractivity contribution in [3.63, 3.8) is 0 Å². The van der Waals surface area contributed by atoms with Crippen molar-refractivity contribution in [2.45, 2.75) is 38.8 Å². The summed E-state index contributed by atoms with van der Waals surface area (Å²) in [5, 5.41) is 9.04. The SMILES string of the molecule is COCC(Cc1ccc(C)cc1)n1c(=N)n(C(c2ccc(C)cc2)C(F)F)c2ccccc21. The molecular weight excluding hydrogens is 420 g/mol. The summed E-state index contributed by atoms with van der Waals surface area (Å²) in [6, 6.07) is 21.3. The molecule has 2 atom stereocenters. The summed E-state index contributed by atoms with van der Waals surface area (Å²) < 4.78 is 37.8. The van der Waals surface area contributed by atoms with Crippen molar-refractivity contribution in [1.29, 1.82) is 5.41 Å². The Kier molecular flexibility index (Phi) is 6.75. The minimum atomic E-state index is -2.67. The van der Waals surface area contributed by atoms with Gasteiger partial charge in [0.1, 0.15) is 6.04 Å². The highest BCUT2D eigenvalue weighted by Crippen LogP contribution is 2.30. The van der Waals surface area contributed by atoms with Gasteiger partial charge in [0, 0.05) is 7.11 Å². The van der Waals surface area contributed by atoms with Crippen LogP contribution in [0.2, 0.25) is 0 Å². The first-order valence-corrected chi connectivity index (χ1v) is 11.1. The molecule has 0 aliphatic rings. The maximum Gasteiger partial charge on any atom is 0.263 e. The molecule has 6 heteroatoms. The zero-order valence-corrected chi connectivity index (χ0v) is 19.1. The van der Waals surface area contributed by atoms with Crippen molar-refractivity contribution in [1.82, 2.24) is 9.13 Å². The molecule has 0 saturated carbocycles. The summed E-state index contributed by atoms with van der Waals surface area (Å²) in [5.41, 5.74) is 5.16. The second-order valence-corrected chi connectivity index (χ2v) is 8.54. The largest absolute Gasteiger partial charge is 0.383 e. The fraction of sp³-hybridized carbons (Fsp3) is 0.296. The molecule has 0 aliphatic carbocycles. The number of alkyl halides is 2. The lowest BCUT2D eigenvalue weighted by Crippen LogP contribution is -2.34. The van der Waals surface area contributed by atoms with Gasteiger partial charge in [0.15, 0.2) is 0 Å². The second kappa shape index (κ2) is 9.71. The number of nitrogens with zero attached hydrogens (tertiary/aromatic N) is 2. The number of benzene rings is 3. The Hall–Kier alpha value is -3.25. The number of rotatable bonds is 8. The summed E-state index contributed by atoms with van der Waals surface area (Å²) >= 11 is 0. The number of imidazole rings is 1. The van der Waals surface area contributed by atoms with Gasteiger partial charge in [0.25, 0.3) is 6.43 Å². The Balaban J connectivity index is 1.89. The number of ether oxygens (including phenoxy) is 1. The highest BCUT2D eigenvalue weighted by molar-refractivity contribution is 5.76. The number of aryl methyl sites for hydroxylation is 2. The molecule has 1 heterocycles. The monoisotopic (exact) mass is 449 g/mol. The number of hydrogen-bond donors (Lipinski definition) is 1. The van der Waals surface area contributed by atoms with Crippen LogP contribution in [0.3, 0.4) is 0 Å². The molecule has 0 saturated heterocycles. The first-order chi connectivity index (χ1) is 15.9. The predicted octanol–water partition coefficient (Wildman–Crippen LogP) is 5.82. The van der Waals surface area contributed by atoms with E-state index in [4.69, 9.17) is 10.1 Å². The van der Waals surface area contributed by atoms with Gasteiger partial charge in [-0.1, -0.05) is 71.8 Å². The molecule has 4 rings (SSSR count). The molecule has 4 nitrogen and oxygen atoms in total. The van der Waals surface area contributed by atoms with E-state index in [-0.39, 0.29) is 11.7 Å². The molecule has 0 spiro atoms. The molecule has 3 aromatic carbocycles. The van der Waals surface area contributed by atoms with E-state index in [9.17, 15) is 8.78 Å². The molecule has 172 valence electrons. The normalized spacial score (nSPS) is 13.5. The lowest BCUT2D eigenvalue weighted by atomic mass is 10.0. The van der Waals surface area contributed by atoms with Crippen LogP contribution in [0, 0.1) is 19.3 Å². The van der Waals surface area contributed by atoms with Crippen LogP contribution in [-0.2, 0) is 11.2 Å². The summed E-state index contributed by atoms with van der Waals surface area (Å²) in [4.78, 5) is 0. The average Bonchev–Trinajstić information content (AvgIpc) is 3.08. The quantitative estimate of drug-likeness (QED) is 0.362. The van der Waals surface area contributed by atoms with Crippen molar-refractivity contribution in [3.8, 4) is 0 Å². The smallest absolute Gasteiger partial charge is 0.263 e. The molecule has 0 fully saturated rings. The second-order valence-electron chi connectivity index (χ2n) is 8.54. The number of halogens is 2. The Morgan fingerprint density at radius 3 is 1.91 bits per heavy atom. The van der Waals surface area contributed by atoms with Crippen molar-refractivity contribution in [2.75, 3.05) is 13.7 Å². The summed E-state index contributed by atoms with van der Waals surface area (Å²) in [7, 11) is 1.62. The van der Waals surface area contributed by atoms with Gasteiger partial charge in [-0.2, -0.15) is 0 Å². The Morgan fingerprint density at radius 2 is 1.36 bits per heavy atom. The molecule has 1 N–H and O–H groups in total. The summed E-state index contributed by atoms with van der Waals surface area (Å²) in [6.07, 6.45) is -2.04. The third-order valence-electron chi connectivity index (χ3n) is 6.11. The van der Waals surface area contributed by atoms with Gasteiger partial charge in [0.05, 0.1) is 23.7 Å². The van der Waals surface area contributed by atoms with E-state index in [1.807, 2.05) is 54.8 Å². The van der Waals surface area contributed by atoms with Crippen LogP contribution in [0.5, 0.6) is 0 Å². The van der Waals surface area contributed by atoms with Crippen molar-refractivity contribution in [3.05, 3.63) is 101 Å². The molecule has 33 heavy (non-hydrogen) atoms. The lowest BCUT2D eigenvalue weighted by molar-refractivity contribution is 0.0992. The van der Waals surface area contributed by atoms with Gasteiger partial charge >= 0.3 is 0 Å². The molecule has 0 radical (unpaired) electrons. The first kappa shape index (κ1) is 22.9. The first-order valence-electron chi connectivity index (χ1n) is 11.1. The topological polar surface area (TPSA) is 42.9 Å². The van der Waals surface area contributed by atoms with Crippen LogP contribution in [0.4, 0.5) is 8.78 Å². The highest BCUT2D eigenvalue weighted by atomic mass is 19.3. The summed E-state index contributed by atoms with van der Waals surface area (Å²) in [5.74, 6) is 0. The van der Waals surface area contributed by atoms with Gasteiger partial charge in [-0.15, -0.1) is 0 Å². The van der Waals surface area contributed by atoms with Crippen molar-refractivity contribution in [2.24, 2.45) is 0 Å². The summed E-state index contributed by atoms with van der Waals surface area (Å²) in [6.45, 7) is 4.33. The zero-order chi connectivity index (χ0) is 23.5. The molecule has 4 aromatic rings. The number of nitrogens with one attached hydrogen (secondary N) is 1. The van der Waals surface area contributed by atoms with E-state index >= 15 is 0 Å². The molecule has 0 aliphatic heterocycles. The Morgan fingerprint density at radius 1 is 0.818 bits per heavy atom. The molecule has 2 unspecified atom stereocenters. The maximum absolute atomic E-state index is 14.5. The third-order valence-corrected chi connectivity index (χ3v) is 6.11. The van der Waals surface area contributed by atoms with E-state index in [0.717, 1.165) is 16.6 Å². The standard InChI is InChI=1S/C27H29F2N3O/c1-18-8-12-20(13-9-18)16-22(17-33-3)31-23-6-4-5-7-24(23)32(27(31)30)25(26(28)29)21-14-10-19(2)11-15-21/h4-15,22,25-26,30H,16-17H2,1-3H3. The van der Waals surface area contributed by atoms with Gasteiger partial charge in [-0.3, -0.25) is 9.98 Å². The number of para-hydroxylation sites is 2. The van der Waals surface area contributed by atoms with Gasteiger partial charge in [-0.25, -0.2) is 8.78 Å². The fourth-order valence-electron chi connectivity index (χ4n) is 4.45. The van der Waals surface area contributed by atoms with E-state index < -0.39 is 12.5 Å². The Bertz CT molecular complexity index is 1270. The molecule has 1 aromatic heterocycles. The molecular formula is C27H29F2N3O. The number of hydrogen-bond acceptors (Lipinski definition) is 2. The molecule has 0 amide bonds. The third kappa shape index (κ3) is 4.62. The van der Waals surface area contributed by atoms with Gasteiger partial charge < -0.3 is 9.30 Å². The van der Waals surface area contributed by atoms with Crippen LogP contribution in [-0.4, -0.2) is 29.3 Å². The van der Waals surface area contributed by atoms with Crippen LogP contribution in [0.1, 0.15) is 34.3 Å². The Labute approximate surface area is 192 Å². The van der Waals surface area contributed by atoms with Crippen molar-refractivity contribution >= 4 is 11.0 Å². The van der Waals surface area contributed by atoms with E-state index in [1.54, 1.807) is 19.2 Å². The van der Waals surface area contributed by atoms with Crippen LogP contribution < -0.4 is 5.62 Å². The predicted molar refractivity (Wildman–Crippen MR) is 127 cm³/mol. The lowest BCUT2D eigenvalue weighted by Gasteiger charge is -2.21. The minimum absolute atomic E-state index is 0.0382. The van der Waals surface area contributed by atoms with Crippen molar-refractivity contribution < 1.29 is 13.5 Å². The molecule has 0 bridgehead atoms. The number of aromatic nitrogens is 2. The van der Waals surface area contributed by atoms with Crippen LogP contribution in [0.15, 0.2) is 72.8 Å². The van der Waals surface area contributed by atoms with E-state index in [0.29, 0.717) is 24.1 Å². The average molecular weight is 450 g/mol. The van der Waals surface area contributed by atoms with Crippen LogP contribution in [0.25, 0.3) is 11.0 Å². The minimum Gasteiger partial charge on any atom is -0.383 e. The fourth-order valence-corrected chi connectivity index (χ4v) is 4.45. The van der Waals surface area contributed by atoms with E-state index in [1.165, 1.54) is 10.1 Å². The number of methoxy groups -OCH3 is 1. The van der Waals surface area contributed by atoms with Crippen LogP contribution >= 0.6 is 0 Å². The number of fused-ring (bicyclic) bond motifs is 1. The van der Waals surface area contributed by atoms with Gasteiger partial charge in [-0.05, 0) is 43.5 Å². The van der Waals surface area contributed by atoms with Gasteiger partial charge in [0.2, 0.25) is 5.62 Å². The zero-order valence-electron chi connectivity index (χ0n) is 19.1. The maximum atomic E-state index is 14.5.